The lowest BCUT2D eigenvalue weighted by atomic mass is 9.92. The highest BCUT2D eigenvalue weighted by Gasteiger charge is 2.43. The first-order chi connectivity index (χ1) is 15.0. The van der Waals surface area contributed by atoms with Crippen molar-refractivity contribution < 1.29 is 14.7 Å². The zero-order valence-corrected chi connectivity index (χ0v) is 17.5. The van der Waals surface area contributed by atoms with E-state index in [9.17, 15) is 14.7 Å². The van der Waals surface area contributed by atoms with Gasteiger partial charge >= 0.3 is 0 Å². The summed E-state index contributed by atoms with van der Waals surface area (Å²) >= 11 is 0. The largest absolute Gasteiger partial charge is 0.503 e. The van der Waals surface area contributed by atoms with Gasteiger partial charge in [-0.2, -0.15) is 0 Å². The molecule has 0 saturated heterocycles. The van der Waals surface area contributed by atoms with Crippen molar-refractivity contribution in [1.82, 2.24) is 4.90 Å². The fraction of sp³-hybridized carbons (Fsp3) is 0.185. The average molecular weight is 412 g/mol. The van der Waals surface area contributed by atoms with E-state index in [1.54, 1.807) is 4.90 Å². The minimum Gasteiger partial charge on any atom is -0.503 e. The van der Waals surface area contributed by atoms with Gasteiger partial charge in [0.25, 0.3) is 5.91 Å². The van der Waals surface area contributed by atoms with Gasteiger partial charge in [0, 0.05) is 13.0 Å². The van der Waals surface area contributed by atoms with Gasteiger partial charge in [0.1, 0.15) is 0 Å². The van der Waals surface area contributed by atoms with E-state index in [1.807, 2.05) is 91.9 Å². The van der Waals surface area contributed by atoms with E-state index in [1.165, 1.54) is 0 Å². The molecule has 156 valence electrons. The van der Waals surface area contributed by atoms with E-state index < -0.39 is 17.7 Å². The Hall–Kier alpha value is -3.66. The van der Waals surface area contributed by atoms with E-state index in [4.69, 9.17) is 0 Å². The summed E-state index contributed by atoms with van der Waals surface area (Å²) in [5.74, 6) is -1.13. The van der Waals surface area contributed by atoms with Crippen LogP contribution in [0.1, 0.15) is 34.7 Å². The molecule has 31 heavy (non-hydrogen) atoms. The van der Waals surface area contributed by atoms with Crippen LogP contribution < -0.4 is 0 Å². The van der Waals surface area contributed by atoms with E-state index in [2.05, 4.69) is 0 Å². The summed E-state index contributed by atoms with van der Waals surface area (Å²) in [7, 11) is 0. The minimum absolute atomic E-state index is 0.195. The van der Waals surface area contributed by atoms with Gasteiger partial charge in [-0.1, -0.05) is 90.5 Å². The number of benzene rings is 3. The Kier molecular flexibility index (Phi) is 5.99. The summed E-state index contributed by atoms with van der Waals surface area (Å²) in [6.45, 7) is 2.31. The first-order valence-corrected chi connectivity index (χ1v) is 10.5. The third-order valence-corrected chi connectivity index (χ3v) is 5.68. The van der Waals surface area contributed by atoms with Crippen LogP contribution in [0.2, 0.25) is 0 Å². The molecule has 1 amide bonds. The van der Waals surface area contributed by atoms with Crippen LogP contribution in [-0.4, -0.2) is 21.7 Å². The zero-order chi connectivity index (χ0) is 21.8. The predicted octanol–water partition coefficient (Wildman–Crippen LogP) is 5.09. The smallest absolute Gasteiger partial charge is 0.290 e. The molecule has 0 saturated carbocycles. The zero-order valence-electron chi connectivity index (χ0n) is 17.5. The van der Waals surface area contributed by atoms with Crippen molar-refractivity contribution in [2.24, 2.45) is 0 Å². The molecule has 1 unspecified atom stereocenters. The number of aliphatic hydroxyl groups is 1. The van der Waals surface area contributed by atoms with Crippen LogP contribution >= 0.6 is 0 Å². The molecule has 1 atom stereocenters. The van der Waals surface area contributed by atoms with Crippen molar-refractivity contribution >= 4 is 11.7 Å². The third-order valence-electron chi connectivity index (χ3n) is 5.68. The molecule has 0 radical (unpaired) electrons. The topological polar surface area (TPSA) is 57.6 Å². The highest BCUT2D eigenvalue weighted by molar-refractivity contribution is 6.09. The highest BCUT2D eigenvalue weighted by atomic mass is 16.3. The van der Waals surface area contributed by atoms with E-state index in [0.717, 1.165) is 22.3 Å². The van der Waals surface area contributed by atoms with Crippen LogP contribution in [0.25, 0.3) is 0 Å². The summed E-state index contributed by atoms with van der Waals surface area (Å²) in [5, 5.41) is 10.7. The maximum atomic E-state index is 13.2. The number of hydrogen-bond donors (Lipinski definition) is 1. The summed E-state index contributed by atoms with van der Waals surface area (Å²) in [6.07, 6.45) is 0.794. The Balaban J connectivity index is 1.66. The van der Waals surface area contributed by atoms with Crippen LogP contribution in [0.3, 0.4) is 0 Å². The number of carbonyl (C=O) groups excluding carboxylic acids is 2. The minimum atomic E-state index is -0.600. The molecule has 3 aromatic rings. The number of Topliss-reactive ketones (excluding diaryl/α,β-unsaturated/α-hetero) is 1. The van der Waals surface area contributed by atoms with Gasteiger partial charge in [-0.05, 0) is 30.0 Å². The quantitative estimate of drug-likeness (QED) is 0.589. The lowest BCUT2D eigenvalue weighted by Gasteiger charge is -2.27. The molecule has 0 aliphatic carbocycles. The van der Waals surface area contributed by atoms with E-state index in [-0.39, 0.29) is 17.8 Å². The molecule has 4 nitrogen and oxygen atoms in total. The predicted molar refractivity (Wildman–Crippen MR) is 120 cm³/mol. The van der Waals surface area contributed by atoms with Gasteiger partial charge in [0.15, 0.2) is 11.5 Å². The molecule has 3 aromatic carbocycles. The van der Waals surface area contributed by atoms with Gasteiger partial charge in [-0.3, -0.25) is 9.59 Å². The van der Waals surface area contributed by atoms with Crippen molar-refractivity contribution in [2.45, 2.75) is 32.4 Å². The normalized spacial score (nSPS) is 16.1. The monoisotopic (exact) mass is 411 g/mol. The SMILES string of the molecule is Cc1ccc(C2C(C(=O)CCc3ccccc3)=C(O)C(=O)N2Cc2ccccc2)cc1. The molecule has 0 spiro atoms. The fourth-order valence-electron chi connectivity index (χ4n) is 4.01. The Morgan fingerprint density at radius 3 is 2.06 bits per heavy atom. The molecule has 4 rings (SSSR count). The first kappa shape index (κ1) is 20.6. The molecule has 0 fully saturated rings. The van der Waals surface area contributed by atoms with Crippen molar-refractivity contribution in [3.63, 3.8) is 0 Å². The van der Waals surface area contributed by atoms with E-state index in [0.29, 0.717) is 13.0 Å². The fourth-order valence-corrected chi connectivity index (χ4v) is 4.01. The van der Waals surface area contributed by atoms with Gasteiger partial charge < -0.3 is 10.0 Å². The lowest BCUT2D eigenvalue weighted by molar-refractivity contribution is -0.130. The molecule has 1 N–H and O–H groups in total. The van der Waals surface area contributed by atoms with Crippen molar-refractivity contribution in [2.75, 3.05) is 0 Å². The number of nitrogens with zero attached hydrogens (tertiary/aromatic N) is 1. The maximum Gasteiger partial charge on any atom is 0.290 e. The Labute approximate surface area is 182 Å². The number of carbonyl (C=O) groups is 2. The summed E-state index contributed by atoms with van der Waals surface area (Å²) < 4.78 is 0. The van der Waals surface area contributed by atoms with Gasteiger partial charge in [-0.15, -0.1) is 0 Å². The van der Waals surface area contributed by atoms with Crippen molar-refractivity contribution in [3.8, 4) is 0 Å². The highest BCUT2D eigenvalue weighted by Crippen LogP contribution is 2.39. The molecular weight excluding hydrogens is 386 g/mol. The molecule has 0 bridgehead atoms. The van der Waals surface area contributed by atoms with E-state index >= 15 is 0 Å². The first-order valence-electron chi connectivity index (χ1n) is 10.5. The number of hydrogen-bond acceptors (Lipinski definition) is 3. The van der Waals surface area contributed by atoms with Crippen LogP contribution in [0.4, 0.5) is 0 Å². The van der Waals surface area contributed by atoms with Crippen LogP contribution in [0, 0.1) is 6.92 Å². The second-order valence-electron chi connectivity index (χ2n) is 7.90. The molecular formula is C27H25NO3. The number of rotatable bonds is 7. The Bertz CT molecular complexity index is 1100. The molecule has 1 heterocycles. The molecule has 4 heteroatoms. The summed E-state index contributed by atoms with van der Waals surface area (Å²) in [6, 6.07) is 26.5. The number of ketones is 1. The summed E-state index contributed by atoms with van der Waals surface area (Å²) in [4.78, 5) is 27.8. The molecule has 0 aromatic heterocycles. The molecule has 1 aliphatic rings. The standard InChI is InChI=1S/C27H25NO3/c1-19-12-15-22(16-13-19)25-24(23(29)17-14-20-8-4-2-5-9-20)26(30)27(31)28(25)18-21-10-6-3-7-11-21/h2-13,15-16,25,30H,14,17-18H2,1H3. The summed E-state index contributed by atoms with van der Waals surface area (Å²) in [5.41, 5.74) is 4.10. The number of aliphatic hydroxyl groups excluding tert-OH is 1. The molecule has 1 aliphatic heterocycles. The Morgan fingerprint density at radius 1 is 0.871 bits per heavy atom. The van der Waals surface area contributed by atoms with Gasteiger partial charge in [-0.25, -0.2) is 0 Å². The lowest BCUT2D eigenvalue weighted by Crippen LogP contribution is -2.30. The number of amides is 1. The van der Waals surface area contributed by atoms with Gasteiger partial charge in [0.2, 0.25) is 0 Å². The van der Waals surface area contributed by atoms with Crippen LogP contribution in [-0.2, 0) is 22.6 Å². The average Bonchev–Trinajstić information content (AvgIpc) is 3.04. The number of aryl methyl sites for hydroxylation is 2. The van der Waals surface area contributed by atoms with Crippen molar-refractivity contribution in [3.05, 3.63) is 119 Å². The van der Waals surface area contributed by atoms with Crippen LogP contribution in [0.5, 0.6) is 0 Å². The Morgan fingerprint density at radius 2 is 1.45 bits per heavy atom. The maximum absolute atomic E-state index is 13.2. The third kappa shape index (κ3) is 4.43. The van der Waals surface area contributed by atoms with Crippen molar-refractivity contribution in [1.29, 1.82) is 0 Å². The second kappa shape index (κ2) is 9.00. The second-order valence-corrected chi connectivity index (χ2v) is 7.90. The van der Waals surface area contributed by atoms with Crippen LogP contribution in [0.15, 0.2) is 96.3 Å². The van der Waals surface area contributed by atoms with Gasteiger partial charge in [0.05, 0.1) is 11.6 Å².